The van der Waals surface area contributed by atoms with Crippen LogP contribution < -0.4 is 11.1 Å². The monoisotopic (exact) mass is 297 g/mol. The number of hydrogen-bond donors (Lipinski definition) is 2. The molecule has 0 aromatic heterocycles. The molecule has 1 aromatic carbocycles. The van der Waals surface area contributed by atoms with Crippen LogP contribution in [0.1, 0.15) is 25.3 Å². The van der Waals surface area contributed by atoms with E-state index in [1.165, 1.54) is 0 Å². The predicted octanol–water partition coefficient (Wildman–Crippen LogP) is 1.31. The maximum Gasteiger partial charge on any atom is 0.188 e. The van der Waals surface area contributed by atoms with Gasteiger partial charge in [0, 0.05) is 13.1 Å². The average Bonchev–Trinajstić information content (AvgIpc) is 2.42. The second kappa shape index (κ2) is 8.58. The molecule has 0 bridgehead atoms. The molecule has 3 N–H and O–H groups in total. The van der Waals surface area contributed by atoms with E-state index in [-0.39, 0.29) is 11.5 Å². The first-order chi connectivity index (χ1) is 9.53. The molecule has 0 saturated heterocycles. The zero-order chi connectivity index (χ0) is 14.8. The van der Waals surface area contributed by atoms with Gasteiger partial charge >= 0.3 is 0 Å². The zero-order valence-electron chi connectivity index (χ0n) is 11.9. The molecule has 0 heterocycles. The fraction of sp³-hybridized carbons (Fsp3) is 0.500. The fourth-order valence-corrected chi connectivity index (χ4v) is 3.13. The third-order valence-corrected chi connectivity index (χ3v) is 4.36. The minimum absolute atomic E-state index is 0.0905. The van der Waals surface area contributed by atoms with Crippen molar-refractivity contribution in [1.29, 1.82) is 0 Å². The summed E-state index contributed by atoms with van der Waals surface area (Å²) in [7, 11) is -3.07. The lowest BCUT2D eigenvalue weighted by atomic mass is 10.2. The number of benzene rings is 1. The lowest BCUT2D eigenvalue weighted by molar-refractivity contribution is 0.592. The maximum absolute atomic E-state index is 11.9. The van der Waals surface area contributed by atoms with Gasteiger partial charge in [0.2, 0.25) is 0 Å². The Morgan fingerprint density at radius 2 is 2.00 bits per heavy atom. The van der Waals surface area contributed by atoms with E-state index in [9.17, 15) is 8.42 Å². The molecule has 0 spiro atoms. The molecular formula is C14H23N3O2S. The van der Waals surface area contributed by atoms with Crippen molar-refractivity contribution in [2.24, 2.45) is 10.7 Å². The quantitative estimate of drug-likeness (QED) is 0.430. The number of rotatable bonds is 8. The Morgan fingerprint density at radius 3 is 2.65 bits per heavy atom. The van der Waals surface area contributed by atoms with Crippen molar-refractivity contribution in [2.75, 3.05) is 18.8 Å². The minimum Gasteiger partial charge on any atom is -0.370 e. The van der Waals surface area contributed by atoms with Crippen LogP contribution in [0, 0.1) is 0 Å². The summed E-state index contributed by atoms with van der Waals surface area (Å²) in [5.74, 6) is 0.621. The highest BCUT2D eigenvalue weighted by Crippen LogP contribution is 2.06. The maximum atomic E-state index is 11.9. The Bertz CT molecular complexity index is 512. The van der Waals surface area contributed by atoms with E-state index in [1.807, 2.05) is 37.3 Å². The first kappa shape index (κ1) is 16.5. The summed E-state index contributed by atoms with van der Waals surface area (Å²) in [5, 5.41) is 2.92. The second-order valence-electron chi connectivity index (χ2n) is 4.62. The standard InChI is InChI=1S/C14H23N3O2S/c1-2-9-16-14(15)17-10-6-11-20(18,19)12-13-7-4-3-5-8-13/h3-5,7-8H,2,6,9-12H2,1H3,(H3,15,16,17). The third kappa shape index (κ3) is 7.13. The van der Waals surface area contributed by atoms with Crippen LogP contribution in [-0.4, -0.2) is 33.2 Å². The lowest BCUT2D eigenvalue weighted by Crippen LogP contribution is -2.33. The molecule has 6 heteroatoms. The van der Waals surface area contributed by atoms with E-state index < -0.39 is 9.84 Å². The van der Waals surface area contributed by atoms with E-state index in [4.69, 9.17) is 5.73 Å². The highest BCUT2D eigenvalue weighted by atomic mass is 32.2. The van der Waals surface area contributed by atoms with Crippen molar-refractivity contribution < 1.29 is 8.42 Å². The van der Waals surface area contributed by atoms with Gasteiger partial charge in [-0.15, -0.1) is 0 Å². The lowest BCUT2D eigenvalue weighted by Gasteiger charge is -2.07. The normalized spacial score (nSPS) is 12.3. The molecular weight excluding hydrogens is 274 g/mol. The van der Waals surface area contributed by atoms with Gasteiger partial charge in [0.1, 0.15) is 0 Å². The Labute approximate surface area is 121 Å². The van der Waals surface area contributed by atoms with Crippen LogP contribution >= 0.6 is 0 Å². The van der Waals surface area contributed by atoms with Crippen molar-refractivity contribution in [3.05, 3.63) is 35.9 Å². The number of sulfone groups is 1. The molecule has 0 amide bonds. The van der Waals surface area contributed by atoms with Gasteiger partial charge in [0.15, 0.2) is 15.8 Å². The summed E-state index contributed by atoms with van der Waals surface area (Å²) in [6.07, 6.45) is 1.46. The molecule has 0 unspecified atom stereocenters. The Kier molecular flexibility index (Phi) is 7.08. The molecule has 0 fully saturated rings. The van der Waals surface area contributed by atoms with Crippen molar-refractivity contribution in [2.45, 2.75) is 25.5 Å². The van der Waals surface area contributed by atoms with Gasteiger partial charge in [-0.05, 0) is 18.4 Å². The van der Waals surface area contributed by atoms with Gasteiger partial charge in [-0.3, -0.25) is 4.99 Å². The van der Waals surface area contributed by atoms with Crippen LogP contribution in [0.15, 0.2) is 35.3 Å². The van der Waals surface area contributed by atoms with Crippen LogP contribution in [0.25, 0.3) is 0 Å². The van der Waals surface area contributed by atoms with Gasteiger partial charge in [-0.2, -0.15) is 0 Å². The van der Waals surface area contributed by atoms with Crippen LogP contribution in [0.3, 0.4) is 0 Å². The van der Waals surface area contributed by atoms with Gasteiger partial charge < -0.3 is 11.1 Å². The fourth-order valence-electron chi connectivity index (χ4n) is 1.70. The van der Waals surface area contributed by atoms with Crippen LogP contribution in [0.5, 0.6) is 0 Å². The second-order valence-corrected chi connectivity index (χ2v) is 6.81. The SMILES string of the molecule is CCCN=C(N)NCCCS(=O)(=O)Cc1ccccc1. The smallest absolute Gasteiger partial charge is 0.188 e. The number of nitrogens with two attached hydrogens (primary N) is 1. The van der Waals surface area contributed by atoms with Gasteiger partial charge in [0.05, 0.1) is 11.5 Å². The summed E-state index contributed by atoms with van der Waals surface area (Å²) in [5.41, 5.74) is 6.45. The average molecular weight is 297 g/mol. The first-order valence-electron chi connectivity index (χ1n) is 6.81. The molecule has 5 nitrogen and oxygen atoms in total. The largest absolute Gasteiger partial charge is 0.370 e. The Balaban J connectivity index is 2.30. The first-order valence-corrected chi connectivity index (χ1v) is 8.64. The molecule has 0 saturated carbocycles. The van der Waals surface area contributed by atoms with Gasteiger partial charge in [0.25, 0.3) is 0 Å². The van der Waals surface area contributed by atoms with Crippen LogP contribution in [0.2, 0.25) is 0 Å². The van der Waals surface area contributed by atoms with Crippen molar-refractivity contribution in [3.8, 4) is 0 Å². The van der Waals surface area contributed by atoms with Crippen molar-refractivity contribution >= 4 is 15.8 Å². The number of nitrogens with one attached hydrogen (secondary N) is 1. The van der Waals surface area contributed by atoms with Crippen molar-refractivity contribution in [1.82, 2.24) is 5.32 Å². The Morgan fingerprint density at radius 1 is 1.30 bits per heavy atom. The Hall–Kier alpha value is -1.56. The predicted molar refractivity (Wildman–Crippen MR) is 83.3 cm³/mol. The van der Waals surface area contributed by atoms with Gasteiger partial charge in [-0.1, -0.05) is 37.3 Å². The van der Waals surface area contributed by atoms with E-state index >= 15 is 0 Å². The van der Waals surface area contributed by atoms with E-state index in [1.54, 1.807) is 0 Å². The number of hydrogen-bond acceptors (Lipinski definition) is 3. The highest BCUT2D eigenvalue weighted by molar-refractivity contribution is 7.90. The molecule has 1 rings (SSSR count). The zero-order valence-corrected chi connectivity index (χ0v) is 12.7. The number of aliphatic imine (C=N–C) groups is 1. The number of nitrogens with zero attached hydrogens (tertiary/aromatic N) is 1. The summed E-state index contributed by atoms with van der Waals surface area (Å²) in [4.78, 5) is 4.08. The molecule has 112 valence electrons. The third-order valence-electron chi connectivity index (χ3n) is 2.67. The summed E-state index contributed by atoms with van der Waals surface area (Å²) < 4.78 is 23.9. The molecule has 0 aliphatic carbocycles. The van der Waals surface area contributed by atoms with E-state index in [0.717, 1.165) is 12.0 Å². The summed E-state index contributed by atoms with van der Waals surface area (Å²) in [6.45, 7) is 3.23. The summed E-state index contributed by atoms with van der Waals surface area (Å²) >= 11 is 0. The van der Waals surface area contributed by atoms with Crippen LogP contribution in [0.4, 0.5) is 0 Å². The van der Waals surface area contributed by atoms with E-state index in [0.29, 0.717) is 25.5 Å². The molecule has 0 atom stereocenters. The molecule has 0 aliphatic heterocycles. The van der Waals surface area contributed by atoms with E-state index in [2.05, 4.69) is 10.3 Å². The van der Waals surface area contributed by atoms with Gasteiger partial charge in [-0.25, -0.2) is 8.42 Å². The minimum atomic E-state index is -3.07. The molecule has 20 heavy (non-hydrogen) atoms. The highest BCUT2D eigenvalue weighted by Gasteiger charge is 2.11. The van der Waals surface area contributed by atoms with Crippen LogP contribution in [-0.2, 0) is 15.6 Å². The molecule has 0 radical (unpaired) electrons. The molecule has 1 aromatic rings. The molecule has 0 aliphatic rings. The topological polar surface area (TPSA) is 84.5 Å². The van der Waals surface area contributed by atoms with Crippen molar-refractivity contribution in [3.63, 3.8) is 0 Å². The summed E-state index contributed by atoms with van der Waals surface area (Å²) in [6, 6.07) is 9.21. The number of guanidine groups is 1.